The lowest BCUT2D eigenvalue weighted by molar-refractivity contribution is 0.234. The van der Waals surface area contributed by atoms with E-state index in [4.69, 9.17) is 32.7 Å². The molecule has 0 spiro atoms. The van der Waals surface area contributed by atoms with Gasteiger partial charge in [-0.3, -0.25) is 4.90 Å². The number of fused-ring (bicyclic) bond motifs is 1. The van der Waals surface area contributed by atoms with E-state index in [9.17, 15) is 0 Å². The third-order valence-electron chi connectivity index (χ3n) is 5.61. The SMILES string of the molecule is COc1cc2c(cc1OC)[C@@H](c1cccc(Cl)c1)N(C/C(Cl)=C/c1ccccc1)CC2. The van der Waals surface area contributed by atoms with Crippen LogP contribution in [0.1, 0.15) is 28.3 Å². The van der Waals surface area contributed by atoms with E-state index in [1.165, 1.54) is 11.1 Å². The fourth-order valence-corrected chi connectivity index (χ4v) is 4.68. The van der Waals surface area contributed by atoms with Crippen molar-refractivity contribution in [2.45, 2.75) is 12.5 Å². The van der Waals surface area contributed by atoms with Crippen molar-refractivity contribution in [2.75, 3.05) is 27.3 Å². The van der Waals surface area contributed by atoms with E-state index in [1.807, 2.05) is 42.5 Å². The highest BCUT2D eigenvalue weighted by Gasteiger charge is 2.30. The van der Waals surface area contributed by atoms with Gasteiger partial charge in [0.2, 0.25) is 0 Å². The molecular formula is C26H25Cl2NO2. The van der Waals surface area contributed by atoms with Gasteiger partial charge in [-0.15, -0.1) is 0 Å². The molecule has 0 N–H and O–H groups in total. The minimum absolute atomic E-state index is 0.0141. The highest BCUT2D eigenvalue weighted by atomic mass is 35.5. The van der Waals surface area contributed by atoms with Crippen molar-refractivity contribution in [2.24, 2.45) is 0 Å². The summed E-state index contributed by atoms with van der Waals surface area (Å²) in [5.41, 5.74) is 4.66. The minimum Gasteiger partial charge on any atom is -0.493 e. The lowest BCUT2D eigenvalue weighted by Crippen LogP contribution is -2.37. The maximum Gasteiger partial charge on any atom is 0.161 e. The van der Waals surface area contributed by atoms with Crippen molar-refractivity contribution < 1.29 is 9.47 Å². The van der Waals surface area contributed by atoms with Crippen molar-refractivity contribution >= 4 is 29.3 Å². The van der Waals surface area contributed by atoms with Gasteiger partial charge in [-0.05, 0) is 59.0 Å². The molecule has 4 rings (SSSR count). The lowest BCUT2D eigenvalue weighted by Gasteiger charge is -2.38. The fourth-order valence-electron chi connectivity index (χ4n) is 4.20. The van der Waals surface area contributed by atoms with Crippen LogP contribution in [0, 0.1) is 0 Å². The molecule has 0 aromatic heterocycles. The molecule has 31 heavy (non-hydrogen) atoms. The van der Waals surface area contributed by atoms with E-state index in [0.717, 1.165) is 45.6 Å². The molecule has 1 atom stereocenters. The van der Waals surface area contributed by atoms with Gasteiger partial charge in [0, 0.05) is 23.1 Å². The van der Waals surface area contributed by atoms with Crippen LogP contribution in [0.25, 0.3) is 6.08 Å². The number of nitrogens with zero attached hydrogens (tertiary/aromatic N) is 1. The van der Waals surface area contributed by atoms with Crippen molar-refractivity contribution in [1.29, 1.82) is 0 Å². The molecule has 3 aromatic carbocycles. The zero-order valence-electron chi connectivity index (χ0n) is 17.6. The van der Waals surface area contributed by atoms with Crippen LogP contribution in [-0.2, 0) is 6.42 Å². The average molecular weight is 454 g/mol. The standard InChI is InChI=1S/C26H25Cl2NO2/c1-30-24-15-19-11-12-29(17-22(28)13-18-7-4-3-5-8-18)26(23(19)16-25(24)31-2)20-9-6-10-21(27)14-20/h3-10,13-16,26H,11-12,17H2,1-2H3/b22-13-/t26-/m1/s1. The highest BCUT2D eigenvalue weighted by Crippen LogP contribution is 2.41. The predicted octanol–water partition coefficient (Wildman–Crippen LogP) is 6.58. The second-order valence-corrected chi connectivity index (χ2v) is 8.51. The molecule has 3 nitrogen and oxygen atoms in total. The smallest absolute Gasteiger partial charge is 0.161 e. The second-order valence-electron chi connectivity index (χ2n) is 7.59. The summed E-state index contributed by atoms with van der Waals surface area (Å²) in [6, 6.07) is 22.4. The summed E-state index contributed by atoms with van der Waals surface area (Å²) < 4.78 is 11.1. The Hall–Kier alpha value is -2.46. The van der Waals surface area contributed by atoms with Gasteiger partial charge in [0.1, 0.15) is 0 Å². The van der Waals surface area contributed by atoms with Gasteiger partial charge in [0.05, 0.1) is 20.3 Å². The number of hydrogen-bond donors (Lipinski definition) is 0. The Morgan fingerprint density at radius 2 is 1.74 bits per heavy atom. The molecule has 0 aliphatic carbocycles. The van der Waals surface area contributed by atoms with Gasteiger partial charge in [-0.1, -0.05) is 65.7 Å². The van der Waals surface area contributed by atoms with Crippen molar-refractivity contribution in [3.63, 3.8) is 0 Å². The Morgan fingerprint density at radius 3 is 2.45 bits per heavy atom. The molecule has 1 aliphatic heterocycles. The maximum atomic E-state index is 6.71. The molecule has 0 fully saturated rings. The quantitative estimate of drug-likeness (QED) is 0.420. The van der Waals surface area contributed by atoms with Gasteiger partial charge in [-0.25, -0.2) is 0 Å². The summed E-state index contributed by atoms with van der Waals surface area (Å²) in [5, 5.41) is 1.51. The topological polar surface area (TPSA) is 21.7 Å². The molecule has 0 bridgehead atoms. The van der Waals surface area contributed by atoms with E-state index in [-0.39, 0.29) is 6.04 Å². The van der Waals surface area contributed by atoms with Crippen LogP contribution in [0.5, 0.6) is 11.5 Å². The van der Waals surface area contributed by atoms with Crippen LogP contribution in [0.15, 0.2) is 71.8 Å². The van der Waals surface area contributed by atoms with E-state index < -0.39 is 0 Å². The Balaban J connectivity index is 1.74. The Bertz CT molecular complexity index is 1080. The molecular weight excluding hydrogens is 429 g/mol. The summed E-state index contributed by atoms with van der Waals surface area (Å²) in [6.45, 7) is 1.51. The van der Waals surface area contributed by atoms with Gasteiger partial charge in [0.15, 0.2) is 11.5 Å². The average Bonchev–Trinajstić information content (AvgIpc) is 2.78. The number of benzene rings is 3. The molecule has 0 amide bonds. The summed E-state index contributed by atoms with van der Waals surface area (Å²) in [6.07, 6.45) is 2.93. The molecule has 1 aliphatic rings. The van der Waals surface area contributed by atoms with Crippen LogP contribution < -0.4 is 9.47 Å². The third-order valence-corrected chi connectivity index (χ3v) is 6.08. The normalized spacial score (nSPS) is 16.6. The van der Waals surface area contributed by atoms with Crippen LogP contribution in [0.2, 0.25) is 5.02 Å². The largest absolute Gasteiger partial charge is 0.493 e. The number of halogens is 2. The molecule has 0 radical (unpaired) electrons. The number of rotatable bonds is 6. The number of hydrogen-bond acceptors (Lipinski definition) is 3. The summed E-state index contributed by atoms with van der Waals surface area (Å²) in [4.78, 5) is 2.39. The first kappa shape index (κ1) is 21.8. The van der Waals surface area contributed by atoms with E-state index in [2.05, 4.69) is 35.2 Å². The molecule has 5 heteroatoms. The monoisotopic (exact) mass is 453 g/mol. The lowest BCUT2D eigenvalue weighted by atomic mass is 9.87. The van der Waals surface area contributed by atoms with Crippen LogP contribution in [0.3, 0.4) is 0 Å². The minimum atomic E-state index is 0.0141. The molecule has 160 valence electrons. The summed E-state index contributed by atoms with van der Waals surface area (Å²) in [7, 11) is 3.33. The van der Waals surface area contributed by atoms with Gasteiger partial charge in [-0.2, -0.15) is 0 Å². The Morgan fingerprint density at radius 1 is 1.00 bits per heavy atom. The molecule has 0 saturated heterocycles. The van der Waals surface area contributed by atoms with Gasteiger partial charge >= 0.3 is 0 Å². The van der Waals surface area contributed by atoms with E-state index >= 15 is 0 Å². The zero-order chi connectivity index (χ0) is 21.8. The zero-order valence-corrected chi connectivity index (χ0v) is 19.2. The first-order chi connectivity index (χ1) is 15.1. The van der Waals surface area contributed by atoms with Crippen LogP contribution in [-0.4, -0.2) is 32.2 Å². The highest BCUT2D eigenvalue weighted by molar-refractivity contribution is 6.31. The number of ether oxygens (including phenoxy) is 2. The predicted molar refractivity (Wildman–Crippen MR) is 128 cm³/mol. The number of methoxy groups -OCH3 is 2. The van der Waals surface area contributed by atoms with Gasteiger partial charge < -0.3 is 9.47 Å². The van der Waals surface area contributed by atoms with Crippen LogP contribution >= 0.6 is 23.2 Å². The summed E-state index contributed by atoms with van der Waals surface area (Å²) >= 11 is 13.1. The first-order valence-electron chi connectivity index (χ1n) is 10.2. The Kier molecular flexibility index (Phi) is 6.86. The van der Waals surface area contributed by atoms with E-state index in [0.29, 0.717) is 6.54 Å². The first-order valence-corrected chi connectivity index (χ1v) is 11.0. The van der Waals surface area contributed by atoms with Crippen LogP contribution in [0.4, 0.5) is 0 Å². The molecule has 3 aromatic rings. The molecule has 1 heterocycles. The third kappa shape index (κ3) is 4.90. The second kappa shape index (κ2) is 9.78. The van der Waals surface area contributed by atoms with Crippen molar-refractivity contribution in [3.8, 4) is 11.5 Å². The van der Waals surface area contributed by atoms with Crippen molar-refractivity contribution in [1.82, 2.24) is 4.90 Å². The Labute approximate surface area is 193 Å². The van der Waals surface area contributed by atoms with Gasteiger partial charge in [0.25, 0.3) is 0 Å². The molecule has 0 unspecified atom stereocenters. The van der Waals surface area contributed by atoms with E-state index in [1.54, 1.807) is 14.2 Å². The van der Waals surface area contributed by atoms with Crippen molar-refractivity contribution in [3.05, 3.63) is 99.0 Å². The summed E-state index contributed by atoms with van der Waals surface area (Å²) in [5.74, 6) is 1.47. The maximum absolute atomic E-state index is 6.71. The molecule has 0 saturated carbocycles. The fraction of sp³-hybridized carbons (Fsp3) is 0.231.